The van der Waals surface area contributed by atoms with Crippen molar-refractivity contribution in [3.05, 3.63) is 0 Å². The number of likely N-dealkylation sites (tertiary alicyclic amines) is 1. The van der Waals surface area contributed by atoms with Crippen LogP contribution in [0.4, 0.5) is 0 Å². The van der Waals surface area contributed by atoms with Gasteiger partial charge in [0, 0.05) is 19.6 Å². The SMILES string of the molecule is CC1(O)CN(CC2CCOCO2)C1. The minimum Gasteiger partial charge on any atom is -0.388 e. The minimum atomic E-state index is -0.467. The van der Waals surface area contributed by atoms with Crippen LogP contribution in [0.25, 0.3) is 0 Å². The van der Waals surface area contributed by atoms with Crippen molar-refractivity contribution in [2.75, 3.05) is 33.0 Å². The topological polar surface area (TPSA) is 41.9 Å². The largest absolute Gasteiger partial charge is 0.388 e. The average Bonchev–Trinajstić information content (AvgIpc) is 2.03. The maximum atomic E-state index is 9.51. The maximum absolute atomic E-state index is 9.51. The quantitative estimate of drug-likeness (QED) is 0.651. The third-order valence-electron chi connectivity index (χ3n) is 2.56. The summed E-state index contributed by atoms with van der Waals surface area (Å²) in [6, 6.07) is 0. The zero-order valence-corrected chi connectivity index (χ0v) is 8.03. The molecule has 1 unspecified atom stereocenters. The van der Waals surface area contributed by atoms with E-state index in [1.54, 1.807) is 0 Å². The molecule has 2 heterocycles. The molecule has 0 aliphatic carbocycles. The van der Waals surface area contributed by atoms with Gasteiger partial charge in [-0.15, -0.1) is 0 Å². The Kier molecular flexibility index (Phi) is 2.55. The minimum absolute atomic E-state index is 0.296. The van der Waals surface area contributed by atoms with Gasteiger partial charge in [0.25, 0.3) is 0 Å². The number of rotatable bonds is 2. The second-order valence-corrected chi connectivity index (χ2v) is 4.27. The summed E-state index contributed by atoms with van der Waals surface area (Å²) in [6.45, 7) is 5.57. The molecular formula is C9H17NO3. The molecule has 2 rings (SSSR count). The van der Waals surface area contributed by atoms with Gasteiger partial charge in [-0.1, -0.05) is 0 Å². The van der Waals surface area contributed by atoms with Crippen LogP contribution in [0.3, 0.4) is 0 Å². The highest BCUT2D eigenvalue weighted by molar-refractivity contribution is 4.92. The Morgan fingerprint density at radius 2 is 2.31 bits per heavy atom. The fourth-order valence-corrected chi connectivity index (χ4v) is 1.98. The van der Waals surface area contributed by atoms with E-state index in [9.17, 15) is 5.11 Å². The molecule has 2 saturated heterocycles. The van der Waals surface area contributed by atoms with Crippen molar-refractivity contribution in [1.29, 1.82) is 0 Å². The van der Waals surface area contributed by atoms with Crippen LogP contribution in [-0.2, 0) is 9.47 Å². The zero-order chi connectivity index (χ0) is 9.31. The van der Waals surface area contributed by atoms with E-state index < -0.39 is 5.60 Å². The van der Waals surface area contributed by atoms with E-state index >= 15 is 0 Å². The lowest BCUT2D eigenvalue weighted by Crippen LogP contribution is -2.61. The average molecular weight is 187 g/mol. The second kappa shape index (κ2) is 3.53. The molecule has 4 heteroatoms. The van der Waals surface area contributed by atoms with Crippen molar-refractivity contribution < 1.29 is 14.6 Å². The van der Waals surface area contributed by atoms with Gasteiger partial charge in [-0.2, -0.15) is 0 Å². The van der Waals surface area contributed by atoms with Gasteiger partial charge in [0.1, 0.15) is 6.79 Å². The Hall–Kier alpha value is -0.160. The Balaban J connectivity index is 1.68. The standard InChI is InChI=1S/C9H17NO3/c1-9(11)5-10(6-9)4-8-2-3-12-7-13-8/h8,11H,2-7H2,1H3. The van der Waals surface area contributed by atoms with Crippen LogP contribution in [0.5, 0.6) is 0 Å². The van der Waals surface area contributed by atoms with Gasteiger partial charge in [0.05, 0.1) is 18.3 Å². The molecule has 4 nitrogen and oxygen atoms in total. The summed E-state index contributed by atoms with van der Waals surface area (Å²) in [5, 5.41) is 9.51. The molecule has 2 fully saturated rings. The van der Waals surface area contributed by atoms with Crippen LogP contribution in [0.1, 0.15) is 13.3 Å². The first-order valence-electron chi connectivity index (χ1n) is 4.80. The number of hydrogen-bond donors (Lipinski definition) is 1. The summed E-state index contributed by atoms with van der Waals surface area (Å²) in [4.78, 5) is 2.22. The summed E-state index contributed by atoms with van der Waals surface area (Å²) in [5.41, 5.74) is -0.467. The van der Waals surface area contributed by atoms with Crippen LogP contribution >= 0.6 is 0 Å². The van der Waals surface area contributed by atoms with Crippen LogP contribution < -0.4 is 0 Å². The van der Waals surface area contributed by atoms with E-state index in [1.807, 2.05) is 6.92 Å². The molecule has 0 aromatic carbocycles. The van der Waals surface area contributed by atoms with Gasteiger partial charge >= 0.3 is 0 Å². The molecule has 0 spiro atoms. The Labute approximate surface area is 78.4 Å². The normalized spacial score (nSPS) is 34.2. The smallest absolute Gasteiger partial charge is 0.147 e. The van der Waals surface area contributed by atoms with Crippen LogP contribution in [-0.4, -0.2) is 54.7 Å². The van der Waals surface area contributed by atoms with Crippen molar-refractivity contribution in [1.82, 2.24) is 4.90 Å². The Bertz CT molecular complexity index is 170. The van der Waals surface area contributed by atoms with Gasteiger partial charge in [-0.05, 0) is 13.3 Å². The van der Waals surface area contributed by atoms with E-state index in [-0.39, 0.29) is 0 Å². The van der Waals surface area contributed by atoms with Crippen molar-refractivity contribution in [2.45, 2.75) is 25.0 Å². The molecule has 0 amide bonds. The zero-order valence-electron chi connectivity index (χ0n) is 8.03. The van der Waals surface area contributed by atoms with Crippen LogP contribution in [0.2, 0.25) is 0 Å². The molecule has 0 bridgehead atoms. The highest BCUT2D eigenvalue weighted by Crippen LogP contribution is 2.21. The third-order valence-corrected chi connectivity index (χ3v) is 2.56. The molecule has 0 radical (unpaired) electrons. The number of ether oxygens (including phenoxy) is 2. The van der Waals surface area contributed by atoms with Gasteiger partial charge in [0.2, 0.25) is 0 Å². The first-order chi connectivity index (χ1) is 6.16. The number of β-amino-alcohol motifs (C(OH)–C–C–N with tert-alkyl or cyclic N) is 1. The lowest BCUT2D eigenvalue weighted by atomic mass is 9.96. The third kappa shape index (κ3) is 2.40. The molecule has 1 atom stereocenters. The molecule has 76 valence electrons. The highest BCUT2D eigenvalue weighted by Gasteiger charge is 2.37. The predicted molar refractivity (Wildman–Crippen MR) is 47.4 cm³/mol. The van der Waals surface area contributed by atoms with Crippen molar-refractivity contribution >= 4 is 0 Å². The molecule has 13 heavy (non-hydrogen) atoms. The molecule has 2 aliphatic heterocycles. The van der Waals surface area contributed by atoms with Crippen LogP contribution in [0, 0.1) is 0 Å². The summed E-state index contributed by atoms with van der Waals surface area (Å²) >= 11 is 0. The summed E-state index contributed by atoms with van der Waals surface area (Å²) in [6.07, 6.45) is 1.27. The van der Waals surface area contributed by atoms with E-state index in [0.717, 1.165) is 32.7 Å². The fourth-order valence-electron chi connectivity index (χ4n) is 1.98. The van der Waals surface area contributed by atoms with Crippen molar-refractivity contribution in [3.63, 3.8) is 0 Å². The van der Waals surface area contributed by atoms with E-state index in [1.165, 1.54) is 0 Å². The van der Waals surface area contributed by atoms with Gasteiger partial charge < -0.3 is 14.6 Å². The van der Waals surface area contributed by atoms with Gasteiger partial charge in [-0.25, -0.2) is 0 Å². The Morgan fingerprint density at radius 1 is 1.54 bits per heavy atom. The number of aliphatic hydroxyl groups is 1. The summed E-state index contributed by atoms with van der Waals surface area (Å²) in [7, 11) is 0. The van der Waals surface area contributed by atoms with E-state index in [4.69, 9.17) is 9.47 Å². The molecule has 2 aliphatic rings. The van der Waals surface area contributed by atoms with E-state index in [2.05, 4.69) is 4.90 Å². The molecule has 1 N–H and O–H groups in total. The first-order valence-corrected chi connectivity index (χ1v) is 4.80. The summed E-state index contributed by atoms with van der Waals surface area (Å²) < 4.78 is 10.5. The second-order valence-electron chi connectivity index (χ2n) is 4.27. The summed E-state index contributed by atoms with van der Waals surface area (Å²) in [5.74, 6) is 0. The monoisotopic (exact) mass is 187 g/mol. The molecule has 0 aromatic rings. The lowest BCUT2D eigenvalue weighted by molar-refractivity contribution is -0.162. The van der Waals surface area contributed by atoms with Gasteiger partial charge in [-0.3, -0.25) is 4.90 Å². The van der Waals surface area contributed by atoms with E-state index in [0.29, 0.717) is 12.9 Å². The maximum Gasteiger partial charge on any atom is 0.147 e. The van der Waals surface area contributed by atoms with Crippen molar-refractivity contribution in [2.24, 2.45) is 0 Å². The predicted octanol–water partition coefficient (Wildman–Crippen LogP) is -0.184. The molecule has 0 aromatic heterocycles. The van der Waals surface area contributed by atoms with Gasteiger partial charge in [0.15, 0.2) is 0 Å². The fraction of sp³-hybridized carbons (Fsp3) is 1.00. The lowest BCUT2D eigenvalue weighted by Gasteiger charge is -2.45. The number of nitrogens with zero attached hydrogens (tertiary/aromatic N) is 1. The molecule has 0 saturated carbocycles. The number of hydrogen-bond acceptors (Lipinski definition) is 4. The Morgan fingerprint density at radius 3 is 2.85 bits per heavy atom. The van der Waals surface area contributed by atoms with Crippen LogP contribution in [0.15, 0.2) is 0 Å². The van der Waals surface area contributed by atoms with Crippen molar-refractivity contribution in [3.8, 4) is 0 Å². The first kappa shape index (κ1) is 9.40. The highest BCUT2D eigenvalue weighted by atomic mass is 16.7. The molecular weight excluding hydrogens is 170 g/mol.